The van der Waals surface area contributed by atoms with E-state index in [1.807, 2.05) is 7.11 Å². The third-order valence-electron chi connectivity index (χ3n) is 10.8. The molecule has 5 heterocycles. The van der Waals surface area contributed by atoms with E-state index in [-0.39, 0.29) is 16.2 Å². The van der Waals surface area contributed by atoms with E-state index in [0.29, 0.717) is 0 Å². The molecule has 3 aliphatic heterocycles. The number of aliphatic imine (C=N–C) groups is 1. The van der Waals surface area contributed by atoms with Crippen molar-refractivity contribution in [2.75, 3.05) is 7.11 Å². The SMILES string of the molecule is COB1n2c3ccc2C(c2ccc(C(C)(C)C)cc2)=c2ccc(n21)=C(c1ccc(C(C)(C)C)cc1)C1=NC(=C3c2ccc(C(C)(C)C)cc2)C=C1. The highest BCUT2D eigenvalue weighted by Crippen LogP contribution is 2.38. The molecule has 0 spiro atoms. The molecule has 0 saturated heterocycles. The van der Waals surface area contributed by atoms with Gasteiger partial charge in [-0.2, -0.15) is 0 Å². The average Bonchev–Trinajstić information content (AvgIpc) is 3.84. The van der Waals surface area contributed by atoms with Crippen molar-refractivity contribution in [2.24, 2.45) is 4.99 Å². The van der Waals surface area contributed by atoms with Crippen molar-refractivity contribution in [1.82, 2.24) is 8.96 Å². The normalized spacial score (nSPS) is 15.6. The Morgan fingerprint density at radius 3 is 1.33 bits per heavy atom. The van der Waals surface area contributed by atoms with Gasteiger partial charge in [0.15, 0.2) is 0 Å². The van der Waals surface area contributed by atoms with E-state index in [1.165, 1.54) is 27.8 Å². The lowest BCUT2D eigenvalue weighted by molar-refractivity contribution is 0.396. The maximum absolute atomic E-state index is 6.57. The highest BCUT2D eigenvalue weighted by atomic mass is 16.4. The molecule has 0 atom stereocenters. The molecule has 8 rings (SSSR count). The number of hydrogen-bond donors (Lipinski definition) is 0. The predicted molar refractivity (Wildman–Crippen MR) is 214 cm³/mol. The Labute approximate surface area is 303 Å². The van der Waals surface area contributed by atoms with E-state index in [0.717, 1.165) is 55.8 Å². The Bertz CT molecular complexity index is 2410. The first-order valence-corrected chi connectivity index (χ1v) is 18.2. The lowest BCUT2D eigenvalue weighted by Gasteiger charge is -2.29. The fourth-order valence-corrected chi connectivity index (χ4v) is 7.85. The first-order valence-electron chi connectivity index (χ1n) is 18.2. The Morgan fingerprint density at radius 1 is 0.471 bits per heavy atom. The first kappa shape index (κ1) is 33.3. The van der Waals surface area contributed by atoms with Gasteiger partial charge in [0.2, 0.25) is 0 Å². The summed E-state index contributed by atoms with van der Waals surface area (Å²) in [6, 6.07) is 36.3. The third-order valence-corrected chi connectivity index (χ3v) is 10.8. The molecule has 5 heteroatoms. The lowest BCUT2D eigenvalue weighted by Crippen LogP contribution is -2.52. The highest BCUT2D eigenvalue weighted by Gasteiger charge is 2.37. The Balaban J connectivity index is 1.48. The fraction of sp³-hybridized carbons (Fsp3) is 0.283. The number of aromatic nitrogens is 2. The Hall–Kier alpha value is -4.87. The van der Waals surface area contributed by atoms with E-state index in [4.69, 9.17) is 9.65 Å². The van der Waals surface area contributed by atoms with Crippen molar-refractivity contribution < 1.29 is 4.65 Å². The predicted octanol–water partition coefficient (Wildman–Crippen LogP) is 8.75. The molecule has 3 aromatic carbocycles. The zero-order valence-electron chi connectivity index (χ0n) is 31.7. The van der Waals surface area contributed by atoms with Crippen LogP contribution in [0.4, 0.5) is 0 Å². The van der Waals surface area contributed by atoms with Crippen LogP contribution in [-0.4, -0.2) is 29.0 Å². The van der Waals surface area contributed by atoms with Crippen molar-refractivity contribution >= 4 is 29.6 Å². The smallest absolute Gasteiger partial charge is 0.400 e. The van der Waals surface area contributed by atoms with E-state index < -0.39 is 7.19 Å². The molecular formula is C46H48BN3O. The molecular weight excluding hydrogens is 621 g/mol. The van der Waals surface area contributed by atoms with Crippen molar-refractivity contribution in [3.8, 4) is 0 Å². The van der Waals surface area contributed by atoms with Gasteiger partial charge in [0.05, 0.1) is 11.4 Å². The Kier molecular flexibility index (Phi) is 7.56. The second-order valence-electron chi connectivity index (χ2n) is 17.3. The van der Waals surface area contributed by atoms with Crippen LogP contribution in [-0.2, 0) is 20.9 Å². The van der Waals surface area contributed by atoms with Gasteiger partial charge >= 0.3 is 7.19 Å². The van der Waals surface area contributed by atoms with Crippen LogP contribution < -0.4 is 10.7 Å². The molecule has 0 unspecified atom stereocenters. The van der Waals surface area contributed by atoms with Crippen molar-refractivity contribution in [3.63, 3.8) is 0 Å². The topological polar surface area (TPSA) is 31.4 Å². The molecule has 0 fully saturated rings. The summed E-state index contributed by atoms with van der Waals surface area (Å²) in [4.78, 5) is 5.45. The van der Waals surface area contributed by atoms with Gasteiger partial charge in [0.25, 0.3) is 0 Å². The molecule has 0 amide bonds. The largest absolute Gasteiger partial charge is 0.557 e. The zero-order chi connectivity index (χ0) is 36.0. The summed E-state index contributed by atoms with van der Waals surface area (Å²) in [5.74, 6) is 0. The van der Waals surface area contributed by atoms with Gasteiger partial charge in [-0.3, -0.25) is 0 Å². The third kappa shape index (κ3) is 5.45. The first-order chi connectivity index (χ1) is 24.1. The summed E-state index contributed by atoms with van der Waals surface area (Å²) in [5, 5.41) is 2.21. The number of nitrogens with zero attached hydrogens (tertiary/aromatic N) is 3. The van der Waals surface area contributed by atoms with Crippen LogP contribution in [0.1, 0.15) is 107 Å². The van der Waals surface area contributed by atoms with Gasteiger partial charge in [0, 0.05) is 45.9 Å². The monoisotopic (exact) mass is 669 g/mol. The minimum atomic E-state index is -0.408. The fourth-order valence-electron chi connectivity index (χ4n) is 7.85. The molecule has 51 heavy (non-hydrogen) atoms. The van der Waals surface area contributed by atoms with E-state index in [9.17, 15) is 0 Å². The molecule has 4 nitrogen and oxygen atoms in total. The van der Waals surface area contributed by atoms with Gasteiger partial charge in [-0.25, -0.2) is 4.99 Å². The van der Waals surface area contributed by atoms with E-state index in [1.54, 1.807) is 0 Å². The number of hydrogen-bond acceptors (Lipinski definition) is 2. The molecule has 0 saturated carbocycles. The minimum Gasteiger partial charge on any atom is -0.400 e. The summed E-state index contributed by atoms with van der Waals surface area (Å²) < 4.78 is 11.3. The molecule has 0 aliphatic carbocycles. The van der Waals surface area contributed by atoms with Gasteiger partial charge in [0.1, 0.15) is 0 Å². The summed E-state index contributed by atoms with van der Waals surface area (Å²) in [6.07, 6.45) is 4.38. The maximum Gasteiger partial charge on any atom is 0.557 e. The van der Waals surface area contributed by atoms with Crippen molar-refractivity contribution in [3.05, 3.63) is 170 Å². The van der Waals surface area contributed by atoms with E-state index >= 15 is 0 Å². The number of benzene rings is 3. The Morgan fingerprint density at radius 2 is 0.882 bits per heavy atom. The van der Waals surface area contributed by atoms with Crippen LogP contribution in [0.3, 0.4) is 0 Å². The quantitative estimate of drug-likeness (QED) is 0.176. The number of allylic oxidation sites excluding steroid dienone is 2. The summed E-state index contributed by atoms with van der Waals surface area (Å²) in [6.45, 7) is 20.4. The van der Waals surface area contributed by atoms with Gasteiger partial charge < -0.3 is 13.6 Å². The molecule has 5 aromatic rings. The van der Waals surface area contributed by atoms with Gasteiger partial charge in [-0.15, -0.1) is 0 Å². The van der Waals surface area contributed by atoms with Crippen LogP contribution in [0.2, 0.25) is 0 Å². The number of rotatable bonds is 4. The zero-order valence-corrected chi connectivity index (χ0v) is 31.7. The molecule has 256 valence electrons. The molecule has 0 N–H and O–H groups in total. The van der Waals surface area contributed by atoms with Crippen LogP contribution in [0.25, 0.3) is 16.7 Å². The number of fused-ring (bicyclic) bond motifs is 1. The molecule has 2 aromatic heterocycles. The molecule has 3 aliphatic rings. The second-order valence-corrected chi connectivity index (χ2v) is 17.3. The van der Waals surface area contributed by atoms with Crippen LogP contribution in [0.5, 0.6) is 0 Å². The molecule has 4 bridgehead atoms. The highest BCUT2D eigenvalue weighted by molar-refractivity contribution is 6.50. The van der Waals surface area contributed by atoms with Crippen molar-refractivity contribution in [1.29, 1.82) is 0 Å². The molecule has 0 radical (unpaired) electrons. The van der Waals surface area contributed by atoms with Crippen LogP contribution in [0, 0.1) is 0 Å². The average molecular weight is 670 g/mol. The standard InChI is InChI=1S/C46H48BN3O/c1-44(2,3)32-17-11-29(12-18-32)41-35-23-24-36(48-35)42(30-13-19-33(20-14-30)45(4,5)6)38-26-28-40-43(31-15-21-34(22-16-31)46(7,8)9)39-27-25-37(41)49(39)47(51-10)50(38)40/h11-28H,1-10H3. The lowest BCUT2D eigenvalue weighted by atomic mass is 9.84. The minimum absolute atomic E-state index is 0.0562. The summed E-state index contributed by atoms with van der Waals surface area (Å²) in [5.41, 5.74) is 15.1. The maximum atomic E-state index is 6.57. The van der Waals surface area contributed by atoms with Gasteiger partial charge in [-0.05, 0) is 86.0 Å². The van der Waals surface area contributed by atoms with E-state index in [2.05, 4.69) is 180 Å². The van der Waals surface area contributed by atoms with Crippen LogP contribution in [0.15, 0.2) is 120 Å². The summed E-state index contributed by atoms with van der Waals surface area (Å²) >= 11 is 0. The van der Waals surface area contributed by atoms with Crippen molar-refractivity contribution in [2.45, 2.75) is 78.6 Å². The summed E-state index contributed by atoms with van der Waals surface area (Å²) in [7, 11) is 1.42. The van der Waals surface area contributed by atoms with Crippen LogP contribution >= 0.6 is 0 Å². The second kappa shape index (κ2) is 11.6. The van der Waals surface area contributed by atoms with Gasteiger partial charge in [-0.1, -0.05) is 135 Å².